The average Bonchev–Trinajstić information content (AvgIpc) is 3.13. The lowest BCUT2D eigenvalue weighted by Crippen LogP contribution is -2.29. The first-order valence-electron chi connectivity index (χ1n) is 10.7. The molecule has 0 radical (unpaired) electrons. The minimum atomic E-state index is -0.443. The lowest BCUT2D eigenvalue weighted by Gasteiger charge is -2.33. The van der Waals surface area contributed by atoms with Crippen LogP contribution in [0.25, 0.3) is 10.2 Å². The van der Waals surface area contributed by atoms with Crippen molar-refractivity contribution in [1.82, 2.24) is 9.55 Å². The number of carbonyl (C=O) groups excluding carboxylic acids is 2. The first-order valence-corrected chi connectivity index (χ1v) is 11.5. The quantitative estimate of drug-likeness (QED) is 0.602. The summed E-state index contributed by atoms with van der Waals surface area (Å²) < 4.78 is 6.03. The maximum Gasteiger partial charge on any atom is 0.337 e. The Kier molecular flexibility index (Phi) is 5.90. The van der Waals surface area contributed by atoms with Crippen molar-refractivity contribution >= 4 is 39.1 Å². The normalized spacial score (nSPS) is 15.9. The van der Waals surface area contributed by atoms with Gasteiger partial charge < -0.3 is 10.1 Å². The second kappa shape index (κ2) is 8.50. The van der Waals surface area contributed by atoms with Crippen molar-refractivity contribution in [3.63, 3.8) is 0 Å². The van der Waals surface area contributed by atoms with E-state index in [0.29, 0.717) is 22.6 Å². The Hall–Kier alpha value is -3.00. The lowest BCUT2D eigenvalue weighted by atomic mass is 9.72. The summed E-state index contributed by atoms with van der Waals surface area (Å²) in [6.45, 7) is 6.67. The zero-order valence-electron chi connectivity index (χ0n) is 18.7. The van der Waals surface area contributed by atoms with E-state index in [-0.39, 0.29) is 23.4 Å². The first kappa shape index (κ1) is 22.2. The highest BCUT2D eigenvalue weighted by atomic mass is 32.1. The third-order valence-corrected chi connectivity index (χ3v) is 7.33. The Bertz CT molecular complexity index is 1240. The average molecular weight is 454 g/mol. The van der Waals surface area contributed by atoms with Gasteiger partial charge in [0.25, 0.3) is 5.56 Å². The van der Waals surface area contributed by atoms with Crippen molar-refractivity contribution in [2.24, 2.45) is 11.3 Å². The van der Waals surface area contributed by atoms with E-state index >= 15 is 0 Å². The van der Waals surface area contributed by atoms with Gasteiger partial charge in [-0.15, -0.1) is 11.3 Å². The van der Waals surface area contributed by atoms with E-state index < -0.39 is 5.97 Å². The molecule has 1 N–H and O–H groups in total. The SMILES string of the molecule is COC(=O)c1ccc(NC(=O)Cn2cnc3sc4c(c3c2=O)CCC(C(C)(C)C)C4)cc1. The van der Waals surface area contributed by atoms with Crippen LogP contribution >= 0.6 is 11.3 Å². The molecule has 1 amide bonds. The molecule has 0 bridgehead atoms. The van der Waals surface area contributed by atoms with E-state index in [4.69, 9.17) is 0 Å². The number of hydrogen-bond donors (Lipinski definition) is 1. The Morgan fingerprint density at radius 3 is 2.62 bits per heavy atom. The number of nitrogens with zero attached hydrogens (tertiary/aromatic N) is 2. The number of esters is 1. The number of fused-ring (bicyclic) bond motifs is 3. The van der Waals surface area contributed by atoms with Crippen LogP contribution in [0.15, 0.2) is 35.4 Å². The van der Waals surface area contributed by atoms with Gasteiger partial charge in [0.15, 0.2) is 0 Å². The maximum absolute atomic E-state index is 13.2. The topological polar surface area (TPSA) is 90.3 Å². The van der Waals surface area contributed by atoms with Crippen LogP contribution in [0.2, 0.25) is 0 Å². The molecule has 3 aromatic rings. The van der Waals surface area contributed by atoms with Crippen LogP contribution in [0.1, 0.15) is 48.0 Å². The van der Waals surface area contributed by atoms with Crippen molar-refractivity contribution in [2.45, 2.75) is 46.6 Å². The van der Waals surface area contributed by atoms with Crippen molar-refractivity contribution in [3.8, 4) is 0 Å². The molecule has 32 heavy (non-hydrogen) atoms. The smallest absolute Gasteiger partial charge is 0.337 e. The second-order valence-electron chi connectivity index (χ2n) is 9.28. The fraction of sp³-hybridized carbons (Fsp3) is 0.417. The lowest BCUT2D eigenvalue weighted by molar-refractivity contribution is -0.116. The van der Waals surface area contributed by atoms with Gasteiger partial charge in [-0.1, -0.05) is 20.8 Å². The minimum absolute atomic E-state index is 0.129. The molecule has 2 aromatic heterocycles. The molecule has 1 aromatic carbocycles. The van der Waals surface area contributed by atoms with E-state index in [1.165, 1.54) is 22.9 Å². The number of ether oxygens (including phenoxy) is 1. The first-order chi connectivity index (χ1) is 15.2. The summed E-state index contributed by atoms with van der Waals surface area (Å²) in [5.41, 5.74) is 2.10. The number of rotatable bonds is 4. The fourth-order valence-electron chi connectivity index (χ4n) is 4.22. The molecule has 1 aliphatic carbocycles. The molecule has 1 aliphatic rings. The van der Waals surface area contributed by atoms with Crippen LogP contribution in [0.5, 0.6) is 0 Å². The van der Waals surface area contributed by atoms with Gasteiger partial charge in [-0.3, -0.25) is 14.2 Å². The number of aromatic nitrogens is 2. The van der Waals surface area contributed by atoms with Crippen molar-refractivity contribution in [2.75, 3.05) is 12.4 Å². The summed E-state index contributed by atoms with van der Waals surface area (Å²) >= 11 is 1.61. The van der Waals surface area contributed by atoms with Gasteiger partial charge in [-0.2, -0.15) is 0 Å². The van der Waals surface area contributed by atoms with E-state index in [0.717, 1.165) is 29.7 Å². The van der Waals surface area contributed by atoms with E-state index in [1.807, 2.05) is 0 Å². The maximum atomic E-state index is 13.2. The van der Waals surface area contributed by atoms with Gasteiger partial charge >= 0.3 is 5.97 Å². The number of carbonyl (C=O) groups is 2. The minimum Gasteiger partial charge on any atom is -0.465 e. The molecule has 0 saturated heterocycles. The zero-order valence-corrected chi connectivity index (χ0v) is 19.5. The number of nitrogens with one attached hydrogen (secondary N) is 1. The van der Waals surface area contributed by atoms with Gasteiger partial charge in [-0.25, -0.2) is 9.78 Å². The molecule has 0 spiro atoms. The summed E-state index contributed by atoms with van der Waals surface area (Å²) in [5.74, 6) is -0.195. The molecule has 8 heteroatoms. The second-order valence-corrected chi connectivity index (χ2v) is 10.4. The van der Waals surface area contributed by atoms with Gasteiger partial charge in [0, 0.05) is 10.6 Å². The van der Waals surface area contributed by atoms with Crippen LogP contribution in [0.3, 0.4) is 0 Å². The monoisotopic (exact) mass is 453 g/mol. The summed E-state index contributed by atoms with van der Waals surface area (Å²) in [6, 6.07) is 6.39. The van der Waals surface area contributed by atoms with E-state index in [2.05, 4.69) is 35.8 Å². The molecule has 4 rings (SSSR count). The number of hydrogen-bond acceptors (Lipinski definition) is 6. The van der Waals surface area contributed by atoms with Gasteiger partial charge in [0.05, 0.1) is 24.4 Å². The van der Waals surface area contributed by atoms with Gasteiger partial charge in [0.2, 0.25) is 5.91 Å². The van der Waals surface area contributed by atoms with Gasteiger partial charge in [0.1, 0.15) is 11.4 Å². The predicted molar refractivity (Wildman–Crippen MR) is 125 cm³/mol. The summed E-state index contributed by atoms with van der Waals surface area (Å²) in [7, 11) is 1.31. The molecule has 0 saturated carbocycles. The highest BCUT2D eigenvalue weighted by molar-refractivity contribution is 7.18. The van der Waals surface area contributed by atoms with Crippen LogP contribution in [0.4, 0.5) is 5.69 Å². The number of amides is 1. The molecule has 0 aliphatic heterocycles. The third-order valence-electron chi connectivity index (χ3n) is 6.16. The number of methoxy groups -OCH3 is 1. The van der Waals surface area contributed by atoms with E-state index in [9.17, 15) is 14.4 Å². The van der Waals surface area contributed by atoms with Gasteiger partial charge in [-0.05, 0) is 60.4 Å². The third kappa shape index (κ3) is 4.32. The molecule has 1 atom stereocenters. The van der Waals surface area contributed by atoms with Crippen LogP contribution < -0.4 is 10.9 Å². The summed E-state index contributed by atoms with van der Waals surface area (Å²) in [4.78, 5) is 43.7. The predicted octanol–water partition coefficient (Wildman–Crippen LogP) is 4.03. The van der Waals surface area contributed by atoms with Crippen molar-refractivity contribution in [3.05, 3.63) is 57.0 Å². The fourth-order valence-corrected chi connectivity index (χ4v) is 5.47. The van der Waals surface area contributed by atoms with Crippen molar-refractivity contribution < 1.29 is 14.3 Å². The zero-order chi connectivity index (χ0) is 23.0. The highest BCUT2D eigenvalue weighted by Crippen LogP contribution is 2.41. The highest BCUT2D eigenvalue weighted by Gasteiger charge is 2.31. The van der Waals surface area contributed by atoms with Crippen molar-refractivity contribution in [1.29, 1.82) is 0 Å². The Morgan fingerprint density at radius 1 is 1.25 bits per heavy atom. The molecule has 2 heterocycles. The number of aryl methyl sites for hydroxylation is 1. The molecular weight excluding hydrogens is 426 g/mol. The summed E-state index contributed by atoms with van der Waals surface area (Å²) in [6.07, 6.45) is 4.35. The number of benzene rings is 1. The Labute approximate surface area is 190 Å². The Balaban J connectivity index is 1.53. The summed E-state index contributed by atoms with van der Waals surface area (Å²) in [5, 5.41) is 3.41. The van der Waals surface area contributed by atoms with E-state index in [1.54, 1.807) is 35.6 Å². The molecular formula is C24H27N3O4S. The van der Waals surface area contributed by atoms with Crippen LogP contribution in [0, 0.1) is 11.3 Å². The molecule has 168 valence electrons. The molecule has 1 unspecified atom stereocenters. The number of thiophene rings is 1. The Morgan fingerprint density at radius 2 is 1.97 bits per heavy atom. The van der Waals surface area contributed by atoms with Crippen LogP contribution in [-0.2, 0) is 28.9 Å². The molecule has 0 fully saturated rings. The standard InChI is InChI=1S/C24H27N3O4S/c1-24(2,3)15-7-10-17-18(11-15)32-21-20(17)22(29)27(13-25-21)12-19(28)26-16-8-5-14(6-9-16)23(30)31-4/h5-6,8-9,13,15H,7,10-12H2,1-4H3,(H,26,28). The molecule has 7 nitrogen and oxygen atoms in total. The largest absolute Gasteiger partial charge is 0.465 e. The van der Waals surface area contributed by atoms with Crippen LogP contribution in [-0.4, -0.2) is 28.5 Å². The number of anilines is 1.